The molecule has 3 aromatic carbocycles. The molecular formula is C34H33Cl2F2N5O5. The molecule has 3 aromatic rings. The highest BCUT2D eigenvalue weighted by atomic mass is 35.5. The number of hydrogen-bond acceptors (Lipinski definition) is 8. The lowest BCUT2D eigenvalue weighted by atomic mass is 9.65. The highest BCUT2D eigenvalue weighted by Crippen LogP contribution is 2.50. The molecule has 2 aliphatic rings. The Balaban J connectivity index is 1.41. The Labute approximate surface area is 286 Å². The van der Waals surface area contributed by atoms with Crippen molar-refractivity contribution in [3.05, 3.63) is 93.0 Å². The van der Waals surface area contributed by atoms with Crippen LogP contribution in [0.2, 0.25) is 10.0 Å². The lowest BCUT2D eigenvalue weighted by molar-refractivity contribution is -0.136. The smallest absolute Gasteiger partial charge is 0.338 e. The molecule has 0 aromatic heterocycles. The number of likely N-dealkylation sites (N-methyl/N-ethyl adjacent to an activating group) is 1. The molecule has 252 valence electrons. The first-order chi connectivity index (χ1) is 22.9. The van der Waals surface area contributed by atoms with Gasteiger partial charge in [0.05, 0.1) is 35.5 Å². The van der Waals surface area contributed by atoms with Crippen LogP contribution in [0.4, 0.5) is 14.5 Å². The number of anilines is 1. The van der Waals surface area contributed by atoms with E-state index in [0.717, 1.165) is 19.2 Å². The third-order valence-electron chi connectivity index (χ3n) is 8.98. The van der Waals surface area contributed by atoms with Gasteiger partial charge < -0.3 is 29.9 Å². The number of hydrogen-bond donors (Lipinski definition) is 2. The van der Waals surface area contributed by atoms with E-state index in [9.17, 15) is 19.6 Å². The van der Waals surface area contributed by atoms with Gasteiger partial charge in [-0.1, -0.05) is 41.4 Å². The van der Waals surface area contributed by atoms with Crippen molar-refractivity contribution in [1.29, 1.82) is 5.26 Å². The van der Waals surface area contributed by atoms with E-state index in [0.29, 0.717) is 13.1 Å². The van der Waals surface area contributed by atoms with Gasteiger partial charge in [-0.3, -0.25) is 9.59 Å². The minimum absolute atomic E-state index is 0.0634. The molecule has 2 fully saturated rings. The molecule has 2 amide bonds. The average molecular weight is 701 g/mol. The number of methoxy groups -OCH3 is 1. The van der Waals surface area contributed by atoms with Crippen LogP contribution in [0, 0.1) is 23.0 Å². The maximum atomic E-state index is 15.7. The van der Waals surface area contributed by atoms with Crippen LogP contribution in [0.15, 0.2) is 54.6 Å². The number of nitriles is 1. The maximum absolute atomic E-state index is 15.7. The number of carbonyl (C=O) groups excluding carboxylic acids is 3. The maximum Gasteiger partial charge on any atom is 0.338 e. The summed E-state index contributed by atoms with van der Waals surface area (Å²) < 4.78 is 41.9. The lowest BCUT2D eigenvalue weighted by Crippen LogP contribution is -2.48. The Morgan fingerprint density at radius 3 is 2.48 bits per heavy atom. The summed E-state index contributed by atoms with van der Waals surface area (Å²) in [7, 11) is 3.30. The summed E-state index contributed by atoms with van der Waals surface area (Å²) in [6, 6.07) is 12.3. The van der Waals surface area contributed by atoms with Crippen molar-refractivity contribution in [2.24, 2.45) is 0 Å². The molecule has 0 spiro atoms. The van der Waals surface area contributed by atoms with Gasteiger partial charge in [-0.15, -0.1) is 0 Å². The van der Waals surface area contributed by atoms with Crippen molar-refractivity contribution >= 4 is 46.7 Å². The van der Waals surface area contributed by atoms with E-state index in [2.05, 4.69) is 21.6 Å². The van der Waals surface area contributed by atoms with Gasteiger partial charge >= 0.3 is 5.97 Å². The SMILES string of the molecule is COc1cc(C(=O)OCC(=O)N2CCN(C)CC2)ccc1NC(=O)C1NC(C)C(C#N)(c2ccc(Cl)cc2F)C1c1cccc(Cl)c1F. The van der Waals surface area contributed by atoms with Gasteiger partial charge in [0.2, 0.25) is 5.91 Å². The van der Waals surface area contributed by atoms with E-state index in [1.807, 2.05) is 7.05 Å². The molecule has 10 nitrogen and oxygen atoms in total. The van der Waals surface area contributed by atoms with E-state index in [-0.39, 0.29) is 44.1 Å². The van der Waals surface area contributed by atoms with E-state index < -0.39 is 53.5 Å². The molecule has 0 saturated carbocycles. The number of carbonyl (C=O) groups is 3. The van der Waals surface area contributed by atoms with Crippen molar-refractivity contribution in [2.45, 2.75) is 30.3 Å². The van der Waals surface area contributed by atoms with Gasteiger partial charge in [0.15, 0.2) is 6.61 Å². The zero-order valence-corrected chi connectivity index (χ0v) is 27.9. The summed E-state index contributed by atoms with van der Waals surface area (Å²) in [4.78, 5) is 43.1. The van der Waals surface area contributed by atoms with Crippen LogP contribution in [0.5, 0.6) is 5.75 Å². The van der Waals surface area contributed by atoms with E-state index in [1.165, 1.54) is 55.6 Å². The zero-order chi connectivity index (χ0) is 34.7. The monoisotopic (exact) mass is 699 g/mol. The number of nitrogens with zero attached hydrogens (tertiary/aromatic N) is 3. The fourth-order valence-electron chi connectivity index (χ4n) is 6.38. The Bertz CT molecular complexity index is 1780. The van der Waals surface area contributed by atoms with E-state index >= 15 is 8.78 Å². The summed E-state index contributed by atoms with van der Waals surface area (Å²) in [6.45, 7) is 3.71. The van der Waals surface area contributed by atoms with Crippen LogP contribution >= 0.6 is 23.2 Å². The standard InChI is InChI=1S/C34H33Cl2F2N5O5/c1-19-34(18-39,23-9-8-21(35)16-25(23)37)29(22-5-4-6-24(36)30(22)38)31(40-19)32(45)41-26-10-7-20(15-27(26)47-3)33(46)48-17-28(44)43-13-11-42(2)12-14-43/h4-10,15-16,19,29,31,40H,11-14,17H2,1-3H3,(H,41,45). The molecule has 0 radical (unpaired) electrons. The predicted molar refractivity (Wildman–Crippen MR) is 175 cm³/mol. The first kappa shape index (κ1) is 35.0. The zero-order valence-electron chi connectivity index (χ0n) is 26.4. The van der Waals surface area contributed by atoms with E-state index in [1.54, 1.807) is 11.8 Å². The molecule has 2 saturated heterocycles. The minimum Gasteiger partial charge on any atom is -0.495 e. The predicted octanol–water partition coefficient (Wildman–Crippen LogP) is 4.76. The number of halogens is 4. The largest absolute Gasteiger partial charge is 0.495 e. The Kier molecular flexibility index (Phi) is 10.6. The van der Waals surface area contributed by atoms with E-state index in [4.69, 9.17) is 32.7 Å². The Morgan fingerprint density at radius 1 is 1.08 bits per heavy atom. The molecule has 0 bridgehead atoms. The summed E-state index contributed by atoms with van der Waals surface area (Å²) in [5.41, 5.74) is -1.68. The number of benzene rings is 3. The second-order valence-electron chi connectivity index (χ2n) is 11.8. The second-order valence-corrected chi connectivity index (χ2v) is 12.6. The number of nitrogens with one attached hydrogen (secondary N) is 2. The van der Waals surface area contributed by atoms with Gasteiger partial charge in [0.1, 0.15) is 22.8 Å². The second kappa shape index (κ2) is 14.5. The van der Waals surface area contributed by atoms with Gasteiger partial charge in [-0.25, -0.2) is 13.6 Å². The van der Waals surface area contributed by atoms with Crippen molar-refractivity contribution in [1.82, 2.24) is 15.1 Å². The van der Waals surface area contributed by atoms with Crippen molar-refractivity contribution in [3.63, 3.8) is 0 Å². The first-order valence-corrected chi connectivity index (χ1v) is 15.9. The normalized spacial score (nSPS) is 22.5. The van der Waals surface area contributed by atoms with Crippen LogP contribution in [-0.2, 0) is 19.7 Å². The quantitative estimate of drug-likeness (QED) is 0.323. The number of piperazine rings is 1. The Morgan fingerprint density at radius 2 is 1.81 bits per heavy atom. The van der Waals surface area contributed by atoms with Crippen LogP contribution < -0.4 is 15.4 Å². The molecule has 5 rings (SSSR count). The molecule has 2 aliphatic heterocycles. The number of amides is 2. The number of ether oxygens (including phenoxy) is 2. The highest BCUT2D eigenvalue weighted by molar-refractivity contribution is 6.31. The molecule has 14 heteroatoms. The van der Waals surface area contributed by atoms with Crippen molar-refractivity contribution in [3.8, 4) is 11.8 Å². The van der Waals surface area contributed by atoms with Gasteiger partial charge in [-0.05, 0) is 55.9 Å². The summed E-state index contributed by atoms with van der Waals surface area (Å²) >= 11 is 12.1. The molecule has 2 N–H and O–H groups in total. The van der Waals surface area contributed by atoms with Gasteiger partial charge in [0.25, 0.3) is 5.91 Å². The van der Waals surface area contributed by atoms with Gasteiger partial charge in [0, 0.05) is 48.7 Å². The lowest BCUT2D eigenvalue weighted by Gasteiger charge is -2.34. The third kappa shape index (κ3) is 6.69. The molecule has 0 aliphatic carbocycles. The van der Waals surface area contributed by atoms with Crippen molar-refractivity contribution in [2.75, 3.05) is 52.3 Å². The molecule has 4 atom stereocenters. The molecule has 4 unspecified atom stereocenters. The van der Waals surface area contributed by atoms with Crippen LogP contribution in [0.1, 0.15) is 34.3 Å². The molecule has 48 heavy (non-hydrogen) atoms. The fourth-order valence-corrected chi connectivity index (χ4v) is 6.72. The average Bonchev–Trinajstić information content (AvgIpc) is 3.37. The number of esters is 1. The summed E-state index contributed by atoms with van der Waals surface area (Å²) in [5.74, 6) is -4.56. The van der Waals surface area contributed by atoms with Crippen LogP contribution in [0.25, 0.3) is 0 Å². The third-order valence-corrected chi connectivity index (χ3v) is 9.50. The topological polar surface area (TPSA) is 124 Å². The van der Waals surface area contributed by atoms with Crippen LogP contribution in [-0.4, -0.2) is 86.6 Å². The first-order valence-electron chi connectivity index (χ1n) is 15.1. The van der Waals surface area contributed by atoms with Crippen LogP contribution in [0.3, 0.4) is 0 Å². The number of rotatable bonds is 8. The Hall–Kier alpha value is -4.28. The molecule has 2 heterocycles. The minimum atomic E-state index is -1.78. The van der Waals surface area contributed by atoms with Crippen molar-refractivity contribution < 1.29 is 32.6 Å². The van der Waals surface area contributed by atoms with Gasteiger partial charge in [-0.2, -0.15) is 5.26 Å². The molecular weight excluding hydrogens is 667 g/mol. The summed E-state index contributed by atoms with van der Waals surface area (Å²) in [6.07, 6.45) is 0. The fraction of sp³-hybridized carbons (Fsp3) is 0.353. The summed E-state index contributed by atoms with van der Waals surface area (Å²) in [5, 5.41) is 16.4. The highest BCUT2D eigenvalue weighted by Gasteiger charge is 2.59.